The molecule has 5 rings (SSSR count). The van der Waals surface area contributed by atoms with Crippen molar-refractivity contribution in [1.29, 1.82) is 0 Å². The fourth-order valence-corrected chi connectivity index (χ4v) is 5.55. The molecule has 2 aromatic rings. The fraction of sp³-hybridized carbons (Fsp3) is 0.519. The average molecular weight is 470 g/mol. The fourth-order valence-electron chi connectivity index (χ4n) is 5.39. The zero-order valence-corrected chi connectivity index (χ0v) is 20.0. The van der Waals surface area contributed by atoms with Crippen LogP contribution in [0.15, 0.2) is 36.4 Å². The summed E-state index contributed by atoms with van der Waals surface area (Å²) in [6.07, 6.45) is 9.81. The molecule has 3 aliphatic rings. The molecule has 0 saturated heterocycles. The van der Waals surface area contributed by atoms with E-state index in [-0.39, 0.29) is 23.7 Å². The Bertz CT molecular complexity index is 1010. The van der Waals surface area contributed by atoms with Crippen molar-refractivity contribution >= 4 is 17.5 Å². The molecule has 2 saturated carbocycles. The van der Waals surface area contributed by atoms with Gasteiger partial charge in [0, 0.05) is 23.4 Å². The minimum atomic E-state index is -0.162. The lowest BCUT2D eigenvalue weighted by atomic mass is 9.73. The Morgan fingerprint density at radius 2 is 2.00 bits per heavy atom. The van der Waals surface area contributed by atoms with Crippen LogP contribution in [0.5, 0.6) is 17.2 Å². The summed E-state index contributed by atoms with van der Waals surface area (Å²) in [5.74, 6) is 2.37. The number of amides is 1. The molecule has 0 bridgehead atoms. The molecule has 1 N–H and O–H groups in total. The Labute approximate surface area is 200 Å². The summed E-state index contributed by atoms with van der Waals surface area (Å²) in [6.45, 7) is 0. The molecular formula is C27H32ClNO4. The molecule has 1 heterocycles. The number of para-hydroxylation sites is 1. The summed E-state index contributed by atoms with van der Waals surface area (Å²) in [6, 6.07) is 11.6. The van der Waals surface area contributed by atoms with Gasteiger partial charge in [-0.05, 0) is 75.1 Å². The van der Waals surface area contributed by atoms with Crippen LogP contribution in [0.25, 0.3) is 0 Å². The zero-order chi connectivity index (χ0) is 22.8. The van der Waals surface area contributed by atoms with Gasteiger partial charge in [0.2, 0.25) is 5.91 Å². The topological polar surface area (TPSA) is 56.8 Å². The van der Waals surface area contributed by atoms with E-state index in [0.29, 0.717) is 17.9 Å². The first-order valence-electron chi connectivity index (χ1n) is 12.2. The van der Waals surface area contributed by atoms with Gasteiger partial charge in [0.05, 0.1) is 19.3 Å². The van der Waals surface area contributed by atoms with Crippen LogP contribution in [0.4, 0.5) is 0 Å². The second-order valence-corrected chi connectivity index (χ2v) is 10.1. The summed E-state index contributed by atoms with van der Waals surface area (Å²) < 4.78 is 18.2. The van der Waals surface area contributed by atoms with Crippen LogP contribution in [0, 0.1) is 0 Å². The minimum absolute atomic E-state index is 0.0342. The van der Waals surface area contributed by atoms with Crippen molar-refractivity contribution in [3.05, 3.63) is 52.5 Å². The van der Waals surface area contributed by atoms with Gasteiger partial charge in [-0.25, -0.2) is 0 Å². The normalized spacial score (nSPS) is 21.1. The lowest BCUT2D eigenvalue weighted by molar-refractivity contribution is -0.123. The standard InChI is InChI=1S/C27H32ClNO4/c1-31-23-9-4-6-18(26(23)32-20-7-2-3-8-20)10-13-25(30)29-22-17-27(14-5-15-27)33-24-16-19(28)11-12-21(22)24/h4,6,9,11-12,16,20,22H,2-3,5,7-8,10,13-15,17H2,1H3,(H,29,30). The highest BCUT2D eigenvalue weighted by Crippen LogP contribution is 2.49. The van der Waals surface area contributed by atoms with E-state index in [1.165, 1.54) is 12.8 Å². The van der Waals surface area contributed by atoms with E-state index in [0.717, 1.165) is 66.9 Å². The largest absolute Gasteiger partial charge is 0.493 e. The van der Waals surface area contributed by atoms with Gasteiger partial charge in [-0.3, -0.25) is 4.79 Å². The monoisotopic (exact) mass is 469 g/mol. The van der Waals surface area contributed by atoms with Crippen molar-refractivity contribution in [3.8, 4) is 17.2 Å². The van der Waals surface area contributed by atoms with Crippen molar-refractivity contribution in [2.24, 2.45) is 0 Å². The molecular weight excluding hydrogens is 438 g/mol. The third-order valence-corrected chi connectivity index (χ3v) is 7.58. The molecule has 1 aliphatic heterocycles. The van der Waals surface area contributed by atoms with Crippen molar-refractivity contribution in [3.63, 3.8) is 0 Å². The predicted octanol–water partition coefficient (Wildman–Crippen LogP) is 6.17. The molecule has 0 radical (unpaired) electrons. The predicted molar refractivity (Wildman–Crippen MR) is 128 cm³/mol. The molecule has 2 fully saturated rings. The number of hydrogen-bond acceptors (Lipinski definition) is 4. The molecule has 1 atom stereocenters. The number of carbonyl (C=O) groups excluding carboxylic acids is 1. The number of halogens is 1. The van der Waals surface area contributed by atoms with Crippen LogP contribution in [0.1, 0.15) is 75.0 Å². The summed E-state index contributed by atoms with van der Waals surface area (Å²) in [5, 5.41) is 3.93. The molecule has 6 heteroatoms. The van der Waals surface area contributed by atoms with Gasteiger partial charge in [0.1, 0.15) is 11.4 Å². The Kier molecular flexibility index (Phi) is 6.42. The molecule has 1 unspecified atom stereocenters. The lowest BCUT2D eigenvalue weighted by Crippen LogP contribution is -2.49. The number of carbonyl (C=O) groups is 1. The molecule has 5 nitrogen and oxygen atoms in total. The van der Waals surface area contributed by atoms with Crippen molar-refractivity contribution in [2.45, 2.75) is 82.0 Å². The van der Waals surface area contributed by atoms with Crippen molar-refractivity contribution < 1.29 is 19.0 Å². The SMILES string of the molecule is COc1cccc(CCC(=O)NC2CC3(CCC3)Oc3cc(Cl)ccc32)c1OC1CCCC1. The summed E-state index contributed by atoms with van der Waals surface area (Å²) in [5.41, 5.74) is 1.87. The van der Waals surface area contributed by atoms with Crippen LogP contribution in [0.3, 0.4) is 0 Å². The highest BCUT2D eigenvalue weighted by Gasteiger charge is 2.46. The van der Waals surface area contributed by atoms with E-state index >= 15 is 0 Å². The quantitative estimate of drug-likeness (QED) is 0.527. The highest BCUT2D eigenvalue weighted by molar-refractivity contribution is 6.30. The number of ether oxygens (including phenoxy) is 3. The first-order chi connectivity index (χ1) is 16.0. The van der Waals surface area contributed by atoms with Crippen LogP contribution in [-0.2, 0) is 11.2 Å². The maximum Gasteiger partial charge on any atom is 0.220 e. The number of benzene rings is 2. The van der Waals surface area contributed by atoms with E-state index in [4.69, 9.17) is 25.8 Å². The molecule has 1 amide bonds. The van der Waals surface area contributed by atoms with Gasteiger partial charge in [-0.15, -0.1) is 0 Å². The van der Waals surface area contributed by atoms with Gasteiger partial charge in [0.15, 0.2) is 11.5 Å². The molecule has 2 aliphatic carbocycles. The Morgan fingerprint density at radius 1 is 1.18 bits per heavy atom. The van der Waals surface area contributed by atoms with Gasteiger partial charge >= 0.3 is 0 Å². The number of aryl methyl sites for hydroxylation is 1. The van der Waals surface area contributed by atoms with Crippen LogP contribution in [-0.4, -0.2) is 24.7 Å². The van der Waals surface area contributed by atoms with Gasteiger partial charge < -0.3 is 19.5 Å². The second-order valence-electron chi connectivity index (χ2n) is 9.62. The first-order valence-corrected chi connectivity index (χ1v) is 12.5. The smallest absolute Gasteiger partial charge is 0.220 e. The molecule has 176 valence electrons. The van der Waals surface area contributed by atoms with Crippen LogP contribution in [0.2, 0.25) is 5.02 Å². The van der Waals surface area contributed by atoms with Crippen LogP contribution >= 0.6 is 11.6 Å². The van der Waals surface area contributed by atoms with Crippen molar-refractivity contribution in [2.75, 3.05) is 7.11 Å². The second kappa shape index (κ2) is 9.46. The van der Waals surface area contributed by atoms with E-state index in [2.05, 4.69) is 5.32 Å². The maximum atomic E-state index is 13.0. The van der Waals surface area contributed by atoms with Gasteiger partial charge in [-0.1, -0.05) is 29.8 Å². The highest BCUT2D eigenvalue weighted by atomic mass is 35.5. The lowest BCUT2D eigenvalue weighted by Gasteiger charge is -2.48. The minimum Gasteiger partial charge on any atom is -0.493 e. The Balaban J connectivity index is 1.27. The number of hydrogen-bond donors (Lipinski definition) is 1. The van der Waals surface area contributed by atoms with Gasteiger partial charge in [0.25, 0.3) is 0 Å². The van der Waals surface area contributed by atoms with E-state index in [1.54, 1.807) is 7.11 Å². The first kappa shape index (κ1) is 22.4. The molecule has 2 aromatic carbocycles. The Hall–Kier alpha value is -2.40. The van der Waals surface area contributed by atoms with Gasteiger partial charge in [-0.2, -0.15) is 0 Å². The average Bonchev–Trinajstić information content (AvgIpc) is 3.30. The number of methoxy groups -OCH3 is 1. The van der Waals surface area contributed by atoms with Crippen LogP contribution < -0.4 is 19.5 Å². The van der Waals surface area contributed by atoms with Crippen molar-refractivity contribution in [1.82, 2.24) is 5.32 Å². The third-order valence-electron chi connectivity index (χ3n) is 7.34. The molecule has 1 spiro atoms. The summed E-state index contributed by atoms with van der Waals surface area (Å²) >= 11 is 6.21. The molecule has 0 aromatic heterocycles. The number of nitrogens with one attached hydrogen (secondary N) is 1. The third kappa shape index (κ3) is 4.79. The zero-order valence-electron chi connectivity index (χ0n) is 19.2. The number of fused-ring (bicyclic) bond motifs is 1. The Morgan fingerprint density at radius 3 is 2.73 bits per heavy atom. The summed E-state index contributed by atoms with van der Waals surface area (Å²) in [4.78, 5) is 13.0. The summed E-state index contributed by atoms with van der Waals surface area (Å²) in [7, 11) is 1.67. The van der Waals surface area contributed by atoms with E-state index in [9.17, 15) is 4.79 Å². The maximum absolute atomic E-state index is 13.0. The van der Waals surface area contributed by atoms with E-state index < -0.39 is 0 Å². The molecule has 33 heavy (non-hydrogen) atoms. The number of rotatable bonds is 7. The van der Waals surface area contributed by atoms with E-state index in [1.807, 2.05) is 36.4 Å².